The molecule has 0 aliphatic rings. The molecule has 0 saturated heterocycles. The summed E-state index contributed by atoms with van der Waals surface area (Å²) >= 11 is 5.62. The molecule has 0 radical (unpaired) electrons. The molecular weight excluding hydrogens is 220 g/mol. The normalized spacial score (nSPS) is 9.81. The number of para-hydroxylation sites is 1. The molecule has 86 valence electrons. The van der Waals surface area contributed by atoms with Crippen molar-refractivity contribution in [3.63, 3.8) is 0 Å². The van der Waals surface area contributed by atoms with E-state index in [0.29, 0.717) is 0 Å². The van der Waals surface area contributed by atoms with Crippen LogP contribution in [0, 0.1) is 11.3 Å². The Morgan fingerprint density at radius 3 is 2.69 bits per heavy atom. The Balaban J connectivity index is 2.52. The first-order valence-corrected chi connectivity index (χ1v) is 6.09. The quantitative estimate of drug-likeness (QED) is 0.559. The number of anilines is 1. The van der Waals surface area contributed by atoms with Gasteiger partial charge in [-0.3, -0.25) is 0 Å². The van der Waals surface area contributed by atoms with E-state index < -0.39 is 0 Å². The van der Waals surface area contributed by atoms with Crippen LogP contribution in [0.5, 0.6) is 0 Å². The number of benzene rings is 1. The molecule has 0 fully saturated rings. The molecule has 0 spiro atoms. The van der Waals surface area contributed by atoms with Gasteiger partial charge in [-0.05, 0) is 25.0 Å². The number of hydrogen-bond acceptors (Lipinski definition) is 2. The highest BCUT2D eigenvalue weighted by atomic mass is 35.5. The van der Waals surface area contributed by atoms with E-state index in [4.69, 9.17) is 16.9 Å². The van der Waals surface area contributed by atoms with Gasteiger partial charge in [0.05, 0.1) is 11.3 Å². The average molecular weight is 237 g/mol. The minimum absolute atomic E-state index is 0.735. The molecule has 0 unspecified atom stereocenters. The lowest BCUT2D eigenvalue weighted by atomic mass is 10.1. The minimum Gasteiger partial charge on any atom is -0.374 e. The number of nitrogens with zero attached hydrogens (tertiary/aromatic N) is 2. The van der Waals surface area contributed by atoms with Crippen LogP contribution in [0.3, 0.4) is 0 Å². The second-order valence-electron chi connectivity index (χ2n) is 3.80. The van der Waals surface area contributed by atoms with Crippen molar-refractivity contribution in [2.45, 2.75) is 19.3 Å². The van der Waals surface area contributed by atoms with Crippen molar-refractivity contribution in [1.29, 1.82) is 5.26 Å². The van der Waals surface area contributed by atoms with Gasteiger partial charge < -0.3 is 4.90 Å². The zero-order valence-electron chi connectivity index (χ0n) is 9.62. The highest BCUT2D eigenvalue weighted by Gasteiger charge is 2.05. The lowest BCUT2D eigenvalue weighted by molar-refractivity contribution is 0.707. The summed E-state index contributed by atoms with van der Waals surface area (Å²) in [6.07, 6.45) is 3.32. The molecule has 0 heterocycles. The van der Waals surface area contributed by atoms with Crippen LogP contribution >= 0.6 is 11.6 Å². The van der Waals surface area contributed by atoms with Gasteiger partial charge in [-0.2, -0.15) is 5.26 Å². The van der Waals surface area contributed by atoms with E-state index >= 15 is 0 Å². The minimum atomic E-state index is 0.735. The molecule has 1 rings (SSSR count). The lowest BCUT2D eigenvalue weighted by Gasteiger charge is -2.20. The van der Waals surface area contributed by atoms with E-state index in [9.17, 15) is 0 Å². The second-order valence-corrected chi connectivity index (χ2v) is 4.18. The van der Waals surface area contributed by atoms with E-state index in [1.165, 1.54) is 0 Å². The number of unbranched alkanes of at least 4 members (excludes halogenated alkanes) is 2. The van der Waals surface area contributed by atoms with Gasteiger partial charge in [0.2, 0.25) is 0 Å². The largest absolute Gasteiger partial charge is 0.374 e. The van der Waals surface area contributed by atoms with Gasteiger partial charge in [-0.15, -0.1) is 11.6 Å². The fourth-order valence-corrected chi connectivity index (χ4v) is 1.83. The van der Waals surface area contributed by atoms with Crippen molar-refractivity contribution in [3.8, 4) is 6.07 Å². The van der Waals surface area contributed by atoms with Crippen LogP contribution in [0.1, 0.15) is 24.8 Å². The third-order valence-corrected chi connectivity index (χ3v) is 2.83. The maximum absolute atomic E-state index is 8.98. The molecular formula is C13H17ClN2. The second kappa shape index (κ2) is 7.14. The number of rotatable bonds is 6. The zero-order valence-corrected chi connectivity index (χ0v) is 10.4. The summed E-state index contributed by atoms with van der Waals surface area (Å²) in [6.45, 7) is 0.968. The highest BCUT2D eigenvalue weighted by molar-refractivity contribution is 6.17. The fourth-order valence-electron chi connectivity index (χ4n) is 1.64. The predicted octanol–water partition coefficient (Wildman–Crippen LogP) is 3.40. The van der Waals surface area contributed by atoms with Gasteiger partial charge in [-0.1, -0.05) is 18.6 Å². The number of alkyl halides is 1. The van der Waals surface area contributed by atoms with Gasteiger partial charge in [0.25, 0.3) is 0 Å². The molecule has 0 aliphatic heterocycles. The molecule has 0 aliphatic carbocycles. The average Bonchev–Trinajstić information content (AvgIpc) is 2.34. The predicted molar refractivity (Wildman–Crippen MR) is 69.0 cm³/mol. The van der Waals surface area contributed by atoms with E-state index in [2.05, 4.69) is 11.0 Å². The van der Waals surface area contributed by atoms with Crippen molar-refractivity contribution in [2.24, 2.45) is 0 Å². The standard InChI is InChI=1S/C13H17ClN2/c1-16(10-6-2-5-9-14)13-8-4-3-7-12(13)11-15/h3-4,7-8H,2,5-6,9-10H2,1H3. The Morgan fingerprint density at radius 1 is 1.25 bits per heavy atom. The summed E-state index contributed by atoms with van der Waals surface area (Å²) in [5.74, 6) is 0.735. The Hall–Kier alpha value is -1.20. The maximum Gasteiger partial charge on any atom is 0.101 e. The third-order valence-electron chi connectivity index (χ3n) is 2.56. The summed E-state index contributed by atoms with van der Waals surface area (Å²) in [5, 5.41) is 8.98. The molecule has 16 heavy (non-hydrogen) atoms. The molecule has 0 saturated carbocycles. The van der Waals surface area contributed by atoms with E-state index in [1.807, 2.05) is 31.3 Å². The monoisotopic (exact) mass is 236 g/mol. The molecule has 1 aromatic rings. The Labute approximate surface area is 102 Å². The van der Waals surface area contributed by atoms with Crippen LogP contribution in [-0.4, -0.2) is 19.5 Å². The summed E-state index contributed by atoms with van der Waals surface area (Å²) in [5.41, 5.74) is 1.75. The fraction of sp³-hybridized carbons (Fsp3) is 0.462. The summed E-state index contributed by atoms with van der Waals surface area (Å²) < 4.78 is 0. The molecule has 0 N–H and O–H groups in total. The molecule has 0 bridgehead atoms. The highest BCUT2D eigenvalue weighted by Crippen LogP contribution is 2.18. The Bertz CT molecular complexity index is 357. The molecule has 0 aromatic heterocycles. The van der Waals surface area contributed by atoms with Crippen LogP contribution in [0.2, 0.25) is 0 Å². The molecule has 2 nitrogen and oxygen atoms in total. The van der Waals surface area contributed by atoms with Crippen molar-refractivity contribution < 1.29 is 0 Å². The first kappa shape index (κ1) is 12.9. The molecule has 0 atom stereocenters. The summed E-state index contributed by atoms with van der Waals surface area (Å²) in [4.78, 5) is 2.13. The lowest BCUT2D eigenvalue weighted by Crippen LogP contribution is -2.19. The Morgan fingerprint density at radius 2 is 2.00 bits per heavy atom. The summed E-state index contributed by atoms with van der Waals surface area (Å²) in [6, 6.07) is 9.91. The topological polar surface area (TPSA) is 27.0 Å². The van der Waals surface area contributed by atoms with Crippen molar-refractivity contribution in [1.82, 2.24) is 0 Å². The first-order valence-electron chi connectivity index (χ1n) is 5.56. The summed E-state index contributed by atoms with van der Waals surface area (Å²) in [7, 11) is 2.02. The van der Waals surface area contributed by atoms with Crippen LogP contribution in [0.15, 0.2) is 24.3 Å². The third kappa shape index (κ3) is 3.75. The Kier molecular flexibility index (Phi) is 5.74. The number of hydrogen-bond donors (Lipinski definition) is 0. The zero-order chi connectivity index (χ0) is 11.8. The van der Waals surface area contributed by atoms with E-state index in [-0.39, 0.29) is 0 Å². The van der Waals surface area contributed by atoms with Crippen molar-refractivity contribution in [3.05, 3.63) is 29.8 Å². The number of nitriles is 1. The van der Waals surface area contributed by atoms with Gasteiger partial charge in [-0.25, -0.2) is 0 Å². The van der Waals surface area contributed by atoms with Gasteiger partial charge >= 0.3 is 0 Å². The number of halogens is 1. The van der Waals surface area contributed by atoms with Gasteiger partial charge in [0, 0.05) is 19.5 Å². The van der Waals surface area contributed by atoms with Gasteiger partial charge in [0.1, 0.15) is 6.07 Å². The first-order chi connectivity index (χ1) is 7.79. The van der Waals surface area contributed by atoms with Crippen molar-refractivity contribution >= 4 is 17.3 Å². The van der Waals surface area contributed by atoms with Crippen LogP contribution < -0.4 is 4.90 Å². The maximum atomic E-state index is 8.98. The molecule has 0 amide bonds. The smallest absolute Gasteiger partial charge is 0.101 e. The SMILES string of the molecule is CN(CCCCCCl)c1ccccc1C#N. The molecule has 1 aromatic carbocycles. The van der Waals surface area contributed by atoms with E-state index in [0.717, 1.165) is 42.9 Å². The van der Waals surface area contributed by atoms with E-state index in [1.54, 1.807) is 0 Å². The van der Waals surface area contributed by atoms with Crippen LogP contribution in [0.4, 0.5) is 5.69 Å². The van der Waals surface area contributed by atoms with Crippen LogP contribution in [0.25, 0.3) is 0 Å². The van der Waals surface area contributed by atoms with Gasteiger partial charge in [0.15, 0.2) is 0 Å². The van der Waals surface area contributed by atoms with Crippen molar-refractivity contribution in [2.75, 3.05) is 24.4 Å². The van der Waals surface area contributed by atoms with Crippen LogP contribution in [-0.2, 0) is 0 Å². The molecule has 3 heteroatoms.